The van der Waals surface area contributed by atoms with Crippen molar-refractivity contribution in [2.75, 3.05) is 36.3 Å². The van der Waals surface area contributed by atoms with Crippen molar-refractivity contribution in [1.29, 1.82) is 0 Å². The van der Waals surface area contributed by atoms with E-state index in [0.717, 1.165) is 0 Å². The Kier molecular flexibility index (Phi) is 8.51. The first kappa shape index (κ1) is 30.5. The molecule has 0 bridgehead atoms. The summed E-state index contributed by atoms with van der Waals surface area (Å²) >= 11 is 7.26. The molecule has 1 aliphatic rings. The molecular weight excluding hydrogens is 575 g/mol. The lowest BCUT2D eigenvalue weighted by Gasteiger charge is -2.34. The number of halogens is 2. The van der Waals surface area contributed by atoms with E-state index in [1.165, 1.54) is 29.9 Å². The number of nitrogens with zero attached hydrogens (tertiary/aromatic N) is 6. The quantitative estimate of drug-likeness (QED) is 0.156. The number of rotatable bonds is 5. The molecule has 0 N–H and O–H groups in total. The molecule has 0 aliphatic carbocycles. The first-order valence-electron chi connectivity index (χ1n) is 12.8. The number of hydrogen-bond donors (Lipinski definition) is 0. The highest BCUT2D eigenvalue weighted by atomic mass is 35.5. The molecular formula is C27H32ClFN6O5S. The lowest BCUT2D eigenvalue weighted by atomic mass is 10.0. The normalized spacial score (nSPS) is 14.2. The highest BCUT2D eigenvalue weighted by Gasteiger charge is 2.39. The summed E-state index contributed by atoms with van der Waals surface area (Å²) in [5.74, 6) is -1.08. The predicted octanol–water partition coefficient (Wildman–Crippen LogP) is 5.59. The van der Waals surface area contributed by atoms with Gasteiger partial charge in [0.15, 0.2) is 22.2 Å². The third-order valence-electron chi connectivity index (χ3n) is 5.74. The summed E-state index contributed by atoms with van der Waals surface area (Å²) in [5, 5.41) is 0.00307. The Hall–Kier alpha value is -3.45. The van der Waals surface area contributed by atoms with E-state index < -0.39 is 40.3 Å². The van der Waals surface area contributed by atoms with Crippen molar-refractivity contribution in [2.24, 2.45) is 0 Å². The van der Waals surface area contributed by atoms with E-state index in [9.17, 15) is 9.59 Å². The minimum absolute atomic E-state index is 0.0387. The van der Waals surface area contributed by atoms with E-state index in [4.69, 9.17) is 25.8 Å². The average molecular weight is 607 g/mol. The first-order chi connectivity index (χ1) is 19.1. The molecule has 0 fully saturated rings. The van der Waals surface area contributed by atoms with E-state index in [0.29, 0.717) is 5.56 Å². The molecule has 1 aliphatic heterocycles. The number of carbonyl (C=O) groups excluding carboxylic acids is 2. The summed E-state index contributed by atoms with van der Waals surface area (Å²) < 4.78 is 32.5. The van der Waals surface area contributed by atoms with Gasteiger partial charge in [0, 0.05) is 18.8 Å². The zero-order valence-electron chi connectivity index (χ0n) is 24.1. The minimum Gasteiger partial charge on any atom is -0.475 e. The third kappa shape index (κ3) is 6.56. The van der Waals surface area contributed by atoms with Crippen LogP contribution in [0.1, 0.15) is 53.1 Å². The van der Waals surface area contributed by atoms with Crippen LogP contribution in [0.5, 0.6) is 5.88 Å². The molecule has 0 aromatic carbocycles. The van der Waals surface area contributed by atoms with E-state index >= 15 is 4.39 Å². The van der Waals surface area contributed by atoms with Gasteiger partial charge in [-0.2, -0.15) is 4.98 Å². The highest BCUT2D eigenvalue weighted by molar-refractivity contribution is 7.98. The van der Waals surface area contributed by atoms with Gasteiger partial charge in [-0.3, -0.25) is 4.90 Å². The number of aromatic nitrogens is 4. The fourth-order valence-corrected chi connectivity index (χ4v) is 4.70. The summed E-state index contributed by atoms with van der Waals surface area (Å²) in [7, 11) is 1.50. The minimum atomic E-state index is -1.19. The molecule has 1 amide bonds. The second kappa shape index (κ2) is 11.4. The van der Waals surface area contributed by atoms with Crippen LogP contribution >= 0.6 is 23.4 Å². The van der Waals surface area contributed by atoms with Crippen molar-refractivity contribution in [3.63, 3.8) is 0 Å². The van der Waals surface area contributed by atoms with Crippen molar-refractivity contribution in [1.82, 2.24) is 19.9 Å². The maximum absolute atomic E-state index is 15.3. The second-order valence-electron chi connectivity index (χ2n) is 11.2. The van der Waals surface area contributed by atoms with Gasteiger partial charge in [0.2, 0.25) is 5.88 Å². The number of pyridine rings is 2. The van der Waals surface area contributed by atoms with Crippen LogP contribution in [0.4, 0.5) is 20.8 Å². The van der Waals surface area contributed by atoms with Crippen molar-refractivity contribution < 1.29 is 28.2 Å². The highest BCUT2D eigenvalue weighted by Crippen LogP contribution is 2.42. The summed E-state index contributed by atoms with van der Waals surface area (Å²) in [6, 6.07) is 2.12. The van der Waals surface area contributed by atoms with Gasteiger partial charge in [0.05, 0.1) is 6.54 Å². The van der Waals surface area contributed by atoms with Gasteiger partial charge in [0.1, 0.15) is 40.3 Å². The zero-order valence-corrected chi connectivity index (χ0v) is 25.7. The van der Waals surface area contributed by atoms with E-state index in [1.54, 1.807) is 64.8 Å². The lowest BCUT2D eigenvalue weighted by Crippen LogP contribution is -2.42. The van der Waals surface area contributed by atoms with Gasteiger partial charge >= 0.3 is 12.1 Å². The van der Waals surface area contributed by atoms with Gasteiger partial charge in [-0.15, -0.1) is 0 Å². The Morgan fingerprint density at radius 3 is 2.46 bits per heavy atom. The summed E-state index contributed by atoms with van der Waals surface area (Å²) in [6.45, 7) is 10.6. The Labute approximate surface area is 246 Å². The molecule has 3 aromatic heterocycles. The van der Waals surface area contributed by atoms with Crippen molar-refractivity contribution >= 4 is 58.0 Å². The molecule has 0 unspecified atom stereocenters. The number of amides is 1. The van der Waals surface area contributed by atoms with E-state index in [2.05, 4.69) is 19.9 Å². The number of anilines is 2. The molecule has 0 radical (unpaired) electrons. The predicted molar refractivity (Wildman–Crippen MR) is 154 cm³/mol. The van der Waals surface area contributed by atoms with Gasteiger partial charge in [-0.1, -0.05) is 29.4 Å². The molecule has 11 nitrogen and oxygen atoms in total. The van der Waals surface area contributed by atoms with E-state index in [1.807, 2.05) is 0 Å². The smallest absolute Gasteiger partial charge is 0.415 e. The largest absolute Gasteiger partial charge is 0.475 e. The zero-order chi connectivity index (χ0) is 30.3. The molecule has 220 valence electrons. The number of ether oxygens (including phenoxy) is 3. The molecule has 14 heteroatoms. The molecule has 0 saturated heterocycles. The Balaban J connectivity index is 1.97. The molecule has 1 atom stereocenters. The molecule has 0 spiro atoms. The average Bonchev–Trinajstić information content (AvgIpc) is 3.04. The van der Waals surface area contributed by atoms with Crippen LogP contribution in [0.3, 0.4) is 0 Å². The SMILES string of the molecule is CSc1nc2c3c(nc(Cl)c(F)c3n1)OCCN2[C@H](C(=O)OC(C)(C)C)c1cccnc1N(C)C(=O)OC(C)(C)C. The van der Waals surface area contributed by atoms with E-state index in [-0.39, 0.29) is 46.7 Å². The van der Waals surface area contributed by atoms with Gasteiger partial charge in [-0.05, 0) is 53.9 Å². The third-order valence-corrected chi connectivity index (χ3v) is 6.53. The number of hydrogen-bond acceptors (Lipinski definition) is 11. The maximum atomic E-state index is 15.3. The van der Waals surface area contributed by atoms with Crippen LogP contribution in [0.2, 0.25) is 5.15 Å². The Morgan fingerprint density at radius 2 is 1.83 bits per heavy atom. The fourth-order valence-electron chi connectivity index (χ4n) is 4.18. The van der Waals surface area contributed by atoms with Crippen LogP contribution in [0, 0.1) is 5.82 Å². The number of thioether (sulfide) groups is 1. The fraction of sp³-hybridized carbons (Fsp3) is 0.481. The molecule has 0 saturated carbocycles. The molecule has 41 heavy (non-hydrogen) atoms. The van der Waals surface area contributed by atoms with Gasteiger partial charge < -0.3 is 19.1 Å². The van der Waals surface area contributed by atoms with Crippen LogP contribution in [0.25, 0.3) is 10.9 Å². The summed E-state index contributed by atoms with van der Waals surface area (Å²) in [5.41, 5.74) is -1.39. The number of carbonyl (C=O) groups is 2. The van der Waals surface area contributed by atoms with Crippen molar-refractivity contribution in [3.8, 4) is 5.88 Å². The van der Waals surface area contributed by atoms with Crippen molar-refractivity contribution in [3.05, 3.63) is 34.9 Å². The number of esters is 1. The standard InChI is InChI=1S/C27H32ClFN6O5S/c1-26(2,3)39-23(36)18(14-10-9-11-30-20(14)34(7)25(37)40-27(4,5)6)35-12-13-38-22-15-17(16(29)19(28)32-22)31-24(41-8)33-21(15)35/h9-11,18H,12-13H2,1-8H3/t18-/m0/s1. The molecule has 3 aromatic rings. The Morgan fingerprint density at radius 1 is 1.15 bits per heavy atom. The summed E-state index contributed by atoms with van der Waals surface area (Å²) in [4.78, 5) is 47.4. The topological polar surface area (TPSA) is 120 Å². The van der Waals surface area contributed by atoms with Crippen LogP contribution < -0.4 is 14.5 Å². The monoisotopic (exact) mass is 606 g/mol. The van der Waals surface area contributed by atoms with Gasteiger partial charge in [-0.25, -0.2) is 28.9 Å². The first-order valence-corrected chi connectivity index (χ1v) is 14.4. The van der Waals surface area contributed by atoms with Crippen LogP contribution in [-0.2, 0) is 14.3 Å². The summed E-state index contributed by atoms with van der Waals surface area (Å²) in [6.07, 6.45) is 2.58. The van der Waals surface area contributed by atoms with Crippen molar-refractivity contribution in [2.45, 2.75) is 63.9 Å². The lowest BCUT2D eigenvalue weighted by molar-refractivity contribution is -0.156. The molecule has 4 heterocycles. The molecule has 4 rings (SSSR count). The Bertz CT molecular complexity index is 1500. The van der Waals surface area contributed by atoms with Gasteiger partial charge in [0.25, 0.3) is 0 Å². The maximum Gasteiger partial charge on any atom is 0.415 e. The second-order valence-corrected chi connectivity index (χ2v) is 12.3. The van der Waals surface area contributed by atoms with Crippen LogP contribution in [-0.4, -0.2) is 69.7 Å². The van der Waals surface area contributed by atoms with Crippen LogP contribution in [0.15, 0.2) is 23.5 Å².